The second kappa shape index (κ2) is 6.39. The number of nitrogens with zero attached hydrogens (tertiary/aromatic N) is 1. The minimum absolute atomic E-state index is 0.202. The van der Waals surface area contributed by atoms with Gasteiger partial charge in [-0.3, -0.25) is 10.1 Å². The summed E-state index contributed by atoms with van der Waals surface area (Å²) < 4.78 is 6.94. The molecule has 1 N–H and O–H groups in total. The molecule has 3 aromatic rings. The van der Waals surface area contributed by atoms with E-state index in [1.165, 1.54) is 11.3 Å². The highest BCUT2D eigenvalue weighted by Gasteiger charge is 2.13. The molecule has 4 nitrogen and oxygen atoms in total. The highest BCUT2D eigenvalue weighted by atomic mass is 127. The molecule has 0 saturated carbocycles. The topological polar surface area (TPSA) is 51.2 Å². The van der Waals surface area contributed by atoms with Gasteiger partial charge in [0.2, 0.25) is 0 Å². The van der Waals surface area contributed by atoms with Gasteiger partial charge in [-0.1, -0.05) is 22.9 Å². The summed E-state index contributed by atoms with van der Waals surface area (Å²) in [6.07, 6.45) is 0. The fourth-order valence-electron chi connectivity index (χ4n) is 1.92. The molecule has 2 aromatic carbocycles. The highest BCUT2D eigenvalue weighted by Crippen LogP contribution is 2.29. The summed E-state index contributed by atoms with van der Waals surface area (Å²) in [4.78, 5) is 16.7. The number of carbonyl (C=O) groups is 1. The Morgan fingerprint density at radius 1 is 1.32 bits per heavy atom. The second-order valence-corrected chi connectivity index (χ2v) is 7.06. The van der Waals surface area contributed by atoms with E-state index in [0.29, 0.717) is 15.7 Å². The fraction of sp³-hybridized carbons (Fsp3) is 0.0667. The number of nitrogens with one attached hydrogen (secondary N) is 1. The van der Waals surface area contributed by atoms with Gasteiger partial charge in [-0.25, -0.2) is 4.98 Å². The van der Waals surface area contributed by atoms with Crippen LogP contribution in [0.1, 0.15) is 10.4 Å². The quantitative estimate of drug-likeness (QED) is 0.590. The van der Waals surface area contributed by atoms with E-state index in [1.54, 1.807) is 25.3 Å². The van der Waals surface area contributed by atoms with Gasteiger partial charge in [-0.15, -0.1) is 0 Å². The van der Waals surface area contributed by atoms with Crippen LogP contribution < -0.4 is 10.1 Å². The number of rotatable bonds is 3. The summed E-state index contributed by atoms with van der Waals surface area (Å²) >= 11 is 9.40. The molecule has 0 unspecified atom stereocenters. The van der Waals surface area contributed by atoms with Crippen LogP contribution in [-0.4, -0.2) is 18.0 Å². The van der Waals surface area contributed by atoms with Gasteiger partial charge in [0, 0.05) is 8.59 Å². The summed E-state index contributed by atoms with van der Waals surface area (Å²) in [5.74, 6) is 0.563. The van der Waals surface area contributed by atoms with Gasteiger partial charge >= 0.3 is 0 Å². The van der Waals surface area contributed by atoms with E-state index < -0.39 is 0 Å². The van der Waals surface area contributed by atoms with Crippen molar-refractivity contribution in [1.29, 1.82) is 0 Å². The molecule has 1 aromatic heterocycles. The predicted molar refractivity (Wildman–Crippen MR) is 98.3 cm³/mol. The smallest absolute Gasteiger partial charge is 0.258 e. The largest absolute Gasteiger partial charge is 0.497 e. The number of fused-ring (bicyclic) bond motifs is 1. The van der Waals surface area contributed by atoms with Crippen LogP contribution in [0.2, 0.25) is 5.02 Å². The van der Waals surface area contributed by atoms with Crippen molar-refractivity contribution in [3.05, 3.63) is 50.6 Å². The molecule has 3 rings (SSSR count). The summed E-state index contributed by atoms with van der Waals surface area (Å²) in [5, 5.41) is 3.98. The Bertz CT molecular complexity index is 866. The molecular weight excluding hydrogens is 435 g/mol. The first-order valence-electron chi connectivity index (χ1n) is 6.28. The van der Waals surface area contributed by atoms with Crippen LogP contribution in [0.3, 0.4) is 0 Å². The van der Waals surface area contributed by atoms with Crippen LogP contribution in [0.25, 0.3) is 10.2 Å². The van der Waals surface area contributed by atoms with Crippen molar-refractivity contribution in [1.82, 2.24) is 4.98 Å². The Morgan fingerprint density at radius 2 is 2.14 bits per heavy atom. The zero-order valence-electron chi connectivity index (χ0n) is 11.4. The third kappa shape index (κ3) is 3.18. The van der Waals surface area contributed by atoms with E-state index in [4.69, 9.17) is 16.3 Å². The maximum Gasteiger partial charge on any atom is 0.258 e. The SMILES string of the molecule is COc1ccc2nc(NC(=O)c3ccc(Cl)cc3I)sc2c1. The molecule has 0 atom stereocenters. The van der Waals surface area contributed by atoms with Gasteiger partial charge in [0.25, 0.3) is 5.91 Å². The number of ether oxygens (including phenoxy) is 1. The number of halogens is 2. The number of methoxy groups -OCH3 is 1. The van der Waals surface area contributed by atoms with Crippen LogP contribution in [0.4, 0.5) is 5.13 Å². The number of thiazole rings is 1. The van der Waals surface area contributed by atoms with Crippen molar-refractivity contribution in [2.75, 3.05) is 12.4 Å². The molecule has 0 aliphatic carbocycles. The Kier molecular flexibility index (Phi) is 4.51. The van der Waals surface area contributed by atoms with Gasteiger partial charge in [-0.05, 0) is 59.0 Å². The minimum Gasteiger partial charge on any atom is -0.497 e. The van der Waals surface area contributed by atoms with Crippen molar-refractivity contribution in [3.8, 4) is 5.75 Å². The van der Waals surface area contributed by atoms with Gasteiger partial charge in [0.05, 0.1) is 22.9 Å². The summed E-state index contributed by atoms with van der Waals surface area (Å²) in [7, 11) is 1.62. The van der Waals surface area contributed by atoms with E-state index in [1.807, 2.05) is 18.2 Å². The number of amides is 1. The van der Waals surface area contributed by atoms with Crippen LogP contribution >= 0.6 is 45.5 Å². The first-order valence-corrected chi connectivity index (χ1v) is 8.55. The molecule has 0 aliphatic rings. The number of benzene rings is 2. The van der Waals surface area contributed by atoms with Crippen LogP contribution in [0.5, 0.6) is 5.75 Å². The molecule has 7 heteroatoms. The number of carbonyl (C=O) groups excluding carboxylic acids is 1. The van der Waals surface area contributed by atoms with Crippen molar-refractivity contribution in [3.63, 3.8) is 0 Å². The number of hydrogen-bond donors (Lipinski definition) is 1. The highest BCUT2D eigenvalue weighted by molar-refractivity contribution is 14.1. The average Bonchev–Trinajstić information content (AvgIpc) is 2.87. The molecule has 0 saturated heterocycles. The number of aromatic nitrogens is 1. The minimum atomic E-state index is -0.202. The average molecular weight is 445 g/mol. The fourth-order valence-corrected chi connectivity index (χ4v) is 3.93. The van der Waals surface area contributed by atoms with Crippen LogP contribution in [-0.2, 0) is 0 Å². The lowest BCUT2D eigenvalue weighted by Crippen LogP contribution is -2.13. The van der Waals surface area contributed by atoms with Gasteiger partial charge in [0.1, 0.15) is 5.75 Å². The summed E-state index contributed by atoms with van der Waals surface area (Å²) in [5.41, 5.74) is 1.40. The Hall–Kier alpha value is -1.38. The van der Waals surface area contributed by atoms with E-state index in [2.05, 4.69) is 32.9 Å². The van der Waals surface area contributed by atoms with E-state index in [0.717, 1.165) is 19.5 Å². The van der Waals surface area contributed by atoms with Crippen LogP contribution in [0.15, 0.2) is 36.4 Å². The lowest BCUT2D eigenvalue weighted by molar-refractivity contribution is 0.102. The molecule has 0 radical (unpaired) electrons. The van der Waals surface area contributed by atoms with Gasteiger partial charge in [-0.2, -0.15) is 0 Å². The van der Waals surface area contributed by atoms with Gasteiger partial charge in [0.15, 0.2) is 5.13 Å². The maximum absolute atomic E-state index is 12.3. The molecule has 1 amide bonds. The predicted octanol–water partition coefficient (Wildman–Crippen LogP) is 4.82. The Morgan fingerprint density at radius 3 is 2.86 bits per heavy atom. The van der Waals surface area contributed by atoms with Crippen LogP contribution in [0, 0.1) is 3.57 Å². The molecule has 0 fully saturated rings. The number of hydrogen-bond acceptors (Lipinski definition) is 4. The van der Waals surface area contributed by atoms with Crippen molar-refractivity contribution < 1.29 is 9.53 Å². The monoisotopic (exact) mass is 444 g/mol. The Balaban J connectivity index is 1.87. The molecule has 22 heavy (non-hydrogen) atoms. The van der Waals surface area contributed by atoms with Crippen molar-refractivity contribution >= 4 is 66.8 Å². The molecule has 112 valence electrons. The molecular formula is C15H10ClIN2O2S. The number of anilines is 1. The molecule has 0 aliphatic heterocycles. The van der Waals surface area contributed by atoms with E-state index in [9.17, 15) is 4.79 Å². The molecule has 0 bridgehead atoms. The first kappa shape index (κ1) is 15.5. The molecule has 0 spiro atoms. The lowest BCUT2D eigenvalue weighted by atomic mass is 10.2. The maximum atomic E-state index is 12.3. The second-order valence-electron chi connectivity index (χ2n) is 4.43. The van der Waals surface area contributed by atoms with Crippen molar-refractivity contribution in [2.45, 2.75) is 0 Å². The third-order valence-electron chi connectivity index (χ3n) is 2.99. The van der Waals surface area contributed by atoms with Crippen molar-refractivity contribution in [2.24, 2.45) is 0 Å². The van der Waals surface area contributed by atoms with E-state index >= 15 is 0 Å². The third-order valence-corrected chi connectivity index (χ3v) is 5.05. The first-order chi connectivity index (χ1) is 10.6. The Labute approximate surface area is 149 Å². The van der Waals surface area contributed by atoms with E-state index in [-0.39, 0.29) is 5.91 Å². The zero-order chi connectivity index (χ0) is 15.7. The summed E-state index contributed by atoms with van der Waals surface area (Å²) in [6, 6.07) is 10.8. The van der Waals surface area contributed by atoms with Gasteiger partial charge < -0.3 is 4.74 Å². The summed E-state index contributed by atoms with van der Waals surface area (Å²) in [6.45, 7) is 0. The normalized spacial score (nSPS) is 10.7. The molecule has 1 heterocycles. The standard InChI is InChI=1S/C15H10ClIN2O2S/c1-21-9-3-5-12-13(7-9)22-15(18-12)19-14(20)10-4-2-8(16)6-11(10)17/h2-7H,1H3,(H,18,19,20). The lowest BCUT2D eigenvalue weighted by Gasteiger charge is -2.04. The zero-order valence-corrected chi connectivity index (χ0v) is 15.1.